The van der Waals surface area contributed by atoms with E-state index in [0.29, 0.717) is 28.4 Å². The molecule has 2 aliphatic rings. The van der Waals surface area contributed by atoms with Crippen LogP contribution in [-0.2, 0) is 11.0 Å². The van der Waals surface area contributed by atoms with Crippen LogP contribution in [0.5, 0.6) is 17.2 Å². The maximum absolute atomic E-state index is 13.1. The molecule has 0 radical (unpaired) electrons. The van der Waals surface area contributed by atoms with Crippen molar-refractivity contribution >= 4 is 39.0 Å². The predicted octanol–water partition coefficient (Wildman–Crippen LogP) is 5.32. The monoisotopic (exact) mass is 563 g/mol. The summed E-state index contributed by atoms with van der Waals surface area (Å²) in [7, 11) is -1.86. The number of nitrogens with one attached hydrogen (secondary N) is 1. The second-order valence-electron chi connectivity index (χ2n) is 9.57. The number of nitrogens with zero attached hydrogens (tertiary/aromatic N) is 2. The molecule has 4 aromatic rings. The average molecular weight is 564 g/mol. The summed E-state index contributed by atoms with van der Waals surface area (Å²) in [5.41, 5.74) is 0.714. The highest BCUT2D eigenvalue weighted by molar-refractivity contribution is 7.86. The topological polar surface area (TPSA) is 144 Å². The Kier molecular flexibility index (Phi) is 6.76. The SMILES string of the molecule is O=c1c(O)c(-c2ccc3c(c2)OCO3)oc2ccc(NS(=O)c3ccc(N4CCCCCC4)c([N+](=O)[O-])c3)cc12. The summed E-state index contributed by atoms with van der Waals surface area (Å²) >= 11 is 0. The summed E-state index contributed by atoms with van der Waals surface area (Å²) in [4.78, 5) is 26.7. The van der Waals surface area contributed by atoms with Crippen LogP contribution in [0.1, 0.15) is 25.7 Å². The van der Waals surface area contributed by atoms with Crippen LogP contribution >= 0.6 is 0 Å². The number of nitro groups is 1. The van der Waals surface area contributed by atoms with Crippen LogP contribution in [0.2, 0.25) is 0 Å². The summed E-state index contributed by atoms with van der Waals surface area (Å²) in [5, 5.41) is 22.6. The highest BCUT2D eigenvalue weighted by Crippen LogP contribution is 2.39. The molecule has 0 amide bonds. The molecule has 1 saturated heterocycles. The van der Waals surface area contributed by atoms with Gasteiger partial charge in [-0.2, -0.15) is 0 Å². The van der Waals surface area contributed by atoms with Gasteiger partial charge in [0.15, 0.2) is 28.2 Å². The van der Waals surface area contributed by atoms with Gasteiger partial charge in [-0.3, -0.25) is 14.9 Å². The van der Waals surface area contributed by atoms with E-state index < -0.39 is 27.1 Å². The molecule has 40 heavy (non-hydrogen) atoms. The molecule has 1 atom stereocenters. The zero-order valence-corrected chi connectivity index (χ0v) is 22.1. The van der Waals surface area contributed by atoms with E-state index in [4.69, 9.17) is 13.9 Å². The molecule has 6 rings (SSSR count). The van der Waals surface area contributed by atoms with E-state index in [0.717, 1.165) is 38.8 Å². The molecule has 11 nitrogen and oxygen atoms in total. The Morgan fingerprint density at radius 2 is 1.73 bits per heavy atom. The molecule has 0 bridgehead atoms. The minimum Gasteiger partial charge on any atom is -0.502 e. The summed E-state index contributed by atoms with van der Waals surface area (Å²) in [6, 6.07) is 14.0. The largest absolute Gasteiger partial charge is 0.502 e. The fourth-order valence-electron chi connectivity index (χ4n) is 4.99. The standard InChI is InChI=1S/C28H25N3O8S/c32-26-20-14-18(6-10-23(20)39-28(27(26)33)17-5-9-24-25(13-17)38-16-37-24)29-40(36)19-7-8-21(22(15-19)31(34)35)30-11-3-1-2-4-12-30/h5-10,13-15,29,33H,1-4,11-12,16H2. The average Bonchev–Trinajstić information content (AvgIpc) is 3.27. The van der Waals surface area contributed by atoms with E-state index in [2.05, 4.69) is 4.72 Å². The van der Waals surface area contributed by atoms with Crippen molar-refractivity contribution in [1.29, 1.82) is 0 Å². The molecular weight excluding hydrogens is 538 g/mol. The molecule has 0 saturated carbocycles. The van der Waals surface area contributed by atoms with Gasteiger partial charge in [-0.05, 0) is 61.4 Å². The van der Waals surface area contributed by atoms with Crippen LogP contribution < -0.4 is 24.5 Å². The maximum Gasteiger partial charge on any atom is 0.293 e. The molecule has 1 aromatic heterocycles. The molecule has 3 heterocycles. The van der Waals surface area contributed by atoms with Crippen LogP contribution in [0.25, 0.3) is 22.3 Å². The van der Waals surface area contributed by atoms with Crippen molar-refractivity contribution in [3.05, 3.63) is 74.9 Å². The van der Waals surface area contributed by atoms with Gasteiger partial charge in [0.2, 0.25) is 18.0 Å². The van der Waals surface area contributed by atoms with Crippen molar-refractivity contribution in [2.45, 2.75) is 30.6 Å². The predicted molar refractivity (Wildman–Crippen MR) is 150 cm³/mol. The van der Waals surface area contributed by atoms with Crippen molar-refractivity contribution in [2.75, 3.05) is 29.5 Å². The highest BCUT2D eigenvalue weighted by atomic mass is 32.2. The van der Waals surface area contributed by atoms with Crippen LogP contribution in [0, 0.1) is 10.1 Å². The molecule has 3 aromatic carbocycles. The third kappa shape index (κ3) is 4.81. The zero-order valence-electron chi connectivity index (χ0n) is 21.3. The van der Waals surface area contributed by atoms with Gasteiger partial charge in [0.1, 0.15) is 11.3 Å². The van der Waals surface area contributed by atoms with Gasteiger partial charge < -0.3 is 28.6 Å². The third-order valence-corrected chi connectivity index (χ3v) is 8.12. The number of nitro benzene ring substituents is 1. The van der Waals surface area contributed by atoms with Crippen molar-refractivity contribution in [2.24, 2.45) is 0 Å². The van der Waals surface area contributed by atoms with Gasteiger partial charge in [-0.25, -0.2) is 4.21 Å². The number of anilines is 2. The Morgan fingerprint density at radius 3 is 2.50 bits per heavy atom. The Labute approximate surface area is 230 Å². The molecule has 12 heteroatoms. The second kappa shape index (κ2) is 10.5. The fourth-order valence-corrected chi connectivity index (χ4v) is 5.86. The fraction of sp³-hybridized carbons (Fsp3) is 0.250. The van der Waals surface area contributed by atoms with Gasteiger partial charge in [0.05, 0.1) is 15.2 Å². The van der Waals surface area contributed by atoms with Gasteiger partial charge in [-0.15, -0.1) is 0 Å². The minimum absolute atomic E-state index is 0.0168. The van der Waals surface area contributed by atoms with Crippen molar-refractivity contribution < 1.29 is 28.1 Å². The number of benzene rings is 3. The first-order chi connectivity index (χ1) is 19.4. The lowest BCUT2D eigenvalue weighted by molar-refractivity contribution is -0.384. The molecular formula is C28H25N3O8S. The zero-order chi connectivity index (χ0) is 27.8. The van der Waals surface area contributed by atoms with Crippen LogP contribution in [0.15, 0.2) is 68.7 Å². The number of rotatable bonds is 6. The molecule has 2 N–H and O–H groups in total. The normalized spacial score (nSPS) is 15.6. The van der Waals surface area contributed by atoms with E-state index in [1.807, 2.05) is 4.90 Å². The lowest BCUT2D eigenvalue weighted by Crippen LogP contribution is -2.24. The first kappa shape index (κ1) is 25.7. The number of hydrogen-bond donors (Lipinski definition) is 2. The van der Waals surface area contributed by atoms with E-state index >= 15 is 0 Å². The molecule has 2 aliphatic heterocycles. The van der Waals surface area contributed by atoms with E-state index in [1.165, 1.54) is 18.2 Å². The molecule has 1 fully saturated rings. The van der Waals surface area contributed by atoms with Crippen molar-refractivity contribution in [3.8, 4) is 28.6 Å². The van der Waals surface area contributed by atoms with Gasteiger partial charge in [0, 0.05) is 30.4 Å². The quantitative estimate of drug-likeness (QED) is 0.235. The Bertz CT molecular complexity index is 1710. The van der Waals surface area contributed by atoms with Crippen molar-refractivity contribution in [3.63, 3.8) is 0 Å². The summed E-state index contributed by atoms with van der Waals surface area (Å²) in [6.45, 7) is 1.56. The summed E-state index contributed by atoms with van der Waals surface area (Å²) in [5.74, 6) is 0.430. The van der Waals surface area contributed by atoms with E-state index in [9.17, 15) is 24.2 Å². The maximum atomic E-state index is 13.1. The first-order valence-corrected chi connectivity index (χ1v) is 14.0. The number of fused-ring (bicyclic) bond motifs is 2. The minimum atomic E-state index is -1.86. The van der Waals surface area contributed by atoms with Crippen molar-refractivity contribution in [1.82, 2.24) is 0 Å². The van der Waals surface area contributed by atoms with E-state index in [-0.39, 0.29) is 34.1 Å². The highest BCUT2D eigenvalue weighted by Gasteiger charge is 2.23. The van der Waals surface area contributed by atoms with E-state index in [1.54, 1.807) is 36.4 Å². The van der Waals surface area contributed by atoms with Crippen LogP contribution in [0.3, 0.4) is 0 Å². The first-order valence-electron chi connectivity index (χ1n) is 12.8. The number of ether oxygens (including phenoxy) is 2. The Balaban J connectivity index is 1.28. The summed E-state index contributed by atoms with van der Waals surface area (Å²) < 4.78 is 32.5. The Morgan fingerprint density at radius 1 is 0.950 bits per heavy atom. The van der Waals surface area contributed by atoms with Crippen LogP contribution in [-0.4, -0.2) is 34.1 Å². The third-order valence-electron chi connectivity index (χ3n) is 7.02. The summed E-state index contributed by atoms with van der Waals surface area (Å²) in [6.07, 6.45) is 4.13. The van der Waals surface area contributed by atoms with Gasteiger partial charge >= 0.3 is 0 Å². The number of aromatic hydroxyl groups is 1. The lowest BCUT2D eigenvalue weighted by Gasteiger charge is -2.22. The lowest BCUT2D eigenvalue weighted by atomic mass is 10.1. The Hall–Kier alpha value is -4.58. The molecule has 0 spiro atoms. The van der Waals surface area contributed by atoms with Gasteiger partial charge in [-0.1, -0.05) is 12.8 Å². The smallest absolute Gasteiger partial charge is 0.293 e. The van der Waals surface area contributed by atoms with Crippen LogP contribution in [0.4, 0.5) is 17.1 Å². The number of hydrogen-bond acceptors (Lipinski definition) is 9. The van der Waals surface area contributed by atoms with Gasteiger partial charge in [0.25, 0.3) is 5.69 Å². The second-order valence-corrected chi connectivity index (χ2v) is 10.8. The molecule has 1 unspecified atom stereocenters. The molecule has 206 valence electrons. The molecule has 0 aliphatic carbocycles.